The van der Waals surface area contributed by atoms with Gasteiger partial charge in [0.05, 0.1) is 0 Å². The van der Waals surface area contributed by atoms with Crippen molar-refractivity contribution >= 4 is 0 Å². The minimum Gasteiger partial charge on any atom is -0.324 e. The van der Waals surface area contributed by atoms with Crippen molar-refractivity contribution in [2.24, 2.45) is 5.73 Å². The van der Waals surface area contributed by atoms with Gasteiger partial charge in [0.25, 0.3) is 0 Å². The molecule has 2 aromatic rings. The van der Waals surface area contributed by atoms with Crippen molar-refractivity contribution in [2.75, 3.05) is 0 Å². The number of hydrogen-bond acceptors (Lipinski definition) is 2. The molecular weight excluding hydrogens is 196 g/mol. The number of nitrogens with two attached hydrogens (primary N) is 1. The van der Waals surface area contributed by atoms with Crippen LogP contribution < -0.4 is 5.73 Å². The summed E-state index contributed by atoms with van der Waals surface area (Å²) in [5.41, 5.74) is 10.5. The Balaban J connectivity index is 2.44. The van der Waals surface area contributed by atoms with E-state index in [9.17, 15) is 0 Å². The second-order valence-electron chi connectivity index (χ2n) is 4.17. The lowest BCUT2D eigenvalue weighted by Gasteiger charge is -2.08. The van der Waals surface area contributed by atoms with Gasteiger partial charge in [-0.2, -0.15) is 0 Å². The minimum atomic E-state index is 0.0252. The van der Waals surface area contributed by atoms with E-state index in [1.807, 2.05) is 19.3 Å². The number of aryl methyl sites for hydroxylation is 1. The Morgan fingerprint density at radius 1 is 1.12 bits per heavy atom. The van der Waals surface area contributed by atoms with Crippen LogP contribution >= 0.6 is 0 Å². The molecule has 82 valence electrons. The summed E-state index contributed by atoms with van der Waals surface area (Å²) in [5.74, 6) is 0. The molecule has 2 rings (SSSR count). The molecule has 0 aliphatic rings. The summed E-state index contributed by atoms with van der Waals surface area (Å²) in [6, 6.07) is 10.5. The average molecular weight is 212 g/mol. The van der Waals surface area contributed by atoms with Crippen LogP contribution in [0, 0.1) is 6.92 Å². The van der Waals surface area contributed by atoms with Gasteiger partial charge in [-0.25, -0.2) is 0 Å². The molecule has 1 heterocycles. The molecule has 0 saturated heterocycles. The fraction of sp³-hybridized carbons (Fsp3) is 0.214. The second-order valence-corrected chi connectivity index (χ2v) is 4.17. The van der Waals surface area contributed by atoms with Gasteiger partial charge in [-0.15, -0.1) is 0 Å². The van der Waals surface area contributed by atoms with Crippen molar-refractivity contribution in [3.63, 3.8) is 0 Å². The molecule has 1 unspecified atom stereocenters. The van der Waals surface area contributed by atoms with Gasteiger partial charge in [-0.05, 0) is 31.0 Å². The second kappa shape index (κ2) is 4.45. The third kappa shape index (κ3) is 2.28. The predicted molar refractivity (Wildman–Crippen MR) is 67.0 cm³/mol. The van der Waals surface area contributed by atoms with Crippen molar-refractivity contribution in [3.8, 4) is 11.1 Å². The third-order valence-corrected chi connectivity index (χ3v) is 2.64. The molecule has 0 aliphatic heterocycles. The molecule has 0 saturated carbocycles. The number of pyridine rings is 1. The molecule has 0 fully saturated rings. The molecule has 2 heteroatoms. The molecule has 2 nitrogen and oxygen atoms in total. The van der Waals surface area contributed by atoms with Crippen molar-refractivity contribution < 1.29 is 0 Å². The van der Waals surface area contributed by atoms with Gasteiger partial charge < -0.3 is 5.73 Å². The summed E-state index contributed by atoms with van der Waals surface area (Å²) in [6.07, 6.45) is 3.70. The van der Waals surface area contributed by atoms with Crippen molar-refractivity contribution in [2.45, 2.75) is 19.9 Å². The van der Waals surface area contributed by atoms with Crippen molar-refractivity contribution in [3.05, 3.63) is 53.9 Å². The van der Waals surface area contributed by atoms with E-state index in [2.05, 4.69) is 42.2 Å². The van der Waals surface area contributed by atoms with Gasteiger partial charge in [0.2, 0.25) is 0 Å². The molecule has 0 bridgehead atoms. The van der Waals surface area contributed by atoms with Crippen LogP contribution in [0.2, 0.25) is 0 Å². The predicted octanol–water partition coefficient (Wildman–Crippen LogP) is 3.08. The minimum absolute atomic E-state index is 0.0252. The highest BCUT2D eigenvalue weighted by Crippen LogP contribution is 2.22. The smallest absolute Gasteiger partial charge is 0.0346 e. The molecule has 0 spiro atoms. The standard InChI is InChI=1S/C14H16N2/c1-10-4-3-5-12(6-10)14-7-13(11(2)15)8-16-9-14/h3-9,11H,15H2,1-2H3. The molecule has 1 aromatic carbocycles. The summed E-state index contributed by atoms with van der Waals surface area (Å²) in [5, 5.41) is 0. The van der Waals surface area contributed by atoms with Crippen molar-refractivity contribution in [1.29, 1.82) is 0 Å². The van der Waals surface area contributed by atoms with E-state index in [-0.39, 0.29) is 6.04 Å². The van der Waals surface area contributed by atoms with E-state index in [1.165, 1.54) is 11.1 Å². The largest absolute Gasteiger partial charge is 0.324 e. The maximum absolute atomic E-state index is 5.85. The molecule has 1 aromatic heterocycles. The zero-order valence-electron chi connectivity index (χ0n) is 9.64. The Bertz CT molecular complexity index is 490. The Labute approximate surface area is 96.1 Å². The fourth-order valence-corrected chi connectivity index (χ4v) is 1.69. The molecule has 16 heavy (non-hydrogen) atoms. The average Bonchev–Trinajstić information content (AvgIpc) is 2.29. The number of nitrogens with zero attached hydrogens (tertiary/aromatic N) is 1. The van der Waals surface area contributed by atoms with Gasteiger partial charge in [-0.1, -0.05) is 29.8 Å². The van der Waals surface area contributed by atoms with Crippen LogP contribution in [0.25, 0.3) is 11.1 Å². The molecule has 0 radical (unpaired) electrons. The summed E-state index contributed by atoms with van der Waals surface area (Å²) < 4.78 is 0. The number of hydrogen-bond donors (Lipinski definition) is 1. The monoisotopic (exact) mass is 212 g/mol. The zero-order chi connectivity index (χ0) is 11.5. The van der Waals surface area contributed by atoms with Crippen LogP contribution in [0.1, 0.15) is 24.1 Å². The Kier molecular flexibility index (Phi) is 3.02. The van der Waals surface area contributed by atoms with E-state index in [1.54, 1.807) is 0 Å². The maximum atomic E-state index is 5.85. The van der Waals surface area contributed by atoms with E-state index < -0.39 is 0 Å². The van der Waals surface area contributed by atoms with Crippen molar-refractivity contribution in [1.82, 2.24) is 4.98 Å². The lowest BCUT2D eigenvalue weighted by atomic mass is 10.0. The fourth-order valence-electron chi connectivity index (χ4n) is 1.69. The summed E-state index contributed by atoms with van der Waals surface area (Å²) in [7, 11) is 0. The van der Waals surface area contributed by atoms with Crippen LogP contribution in [-0.2, 0) is 0 Å². The lowest BCUT2D eigenvalue weighted by molar-refractivity contribution is 0.812. The number of aromatic nitrogens is 1. The van der Waals surface area contributed by atoms with Crippen LogP contribution in [0.15, 0.2) is 42.7 Å². The normalized spacial score (nSPS) is 12.4. The molecule has 2 N–H and O–H groups in total. The summed E-state index contributed by atoms with van der Waals surface area (Å²) >= 11 is 0. The van der Waals surface area contributed by atoms with Gasteiger partial charge >= 0.3 is 0 Å². The molecular formula is C14H16N2. The topological polar surface area (TPSA) is 38.9 Å². The van der Waals surface area contributed by atoms with E-state index >= 15 is 0 Å². The maximum Gasteiger partial charge on any atom is 0.0346 e. The Hall–Kier alpha value is -1.67. The Morgan fingerprint density at radius 3 is 2.62 bits per heavy atom. The summed E-state index contributed by atoms with van der Waals surface area (Å²) in [6.45, 7) is 4.06. The van der Waals surface area contributed by atoms with Crippen LogP contribution in [-0.4, -0.2) is 4.98 Å². The van der Waals surface area contributed by atoms with Crippen LogP contribution in [0.5, 0.6) is 0 Å². The number of rotatable bonds is 2. The van der Waals surface area contributed by atoms with E-state index in [4.69, 9.17) is 5.73 Å². The first-order valence-electron chi connectivity index (χ1n) is 5.44. The summed E-state index contributed by atoms with van der Waals surface area (Å²) in [4.78, 5) is 4.23. The SMILES string of the molecule is Cc1cccc(-c2cncc(C(C)N)c2)c1. The molecule has 0 aliphatic carbocycles. The van der Waals surface area contributed by atoms with Gasteiger partial charge in [0.1, 0.15) is 0 Å². The highest BCUT2D eigenvalue weighted by molar-refractivity contribution is 5.63. The van der Waals surface area contributed by atoms with Gasteiger partial charge in [0, 0.05) is 24.0 Å². The van der Waals surface area contributed by atoms with Gasteiger partial charge in [-0.3, -0.25) is 4.98 Å². The molecule has 0 amide bonds. The van der Waals surface area contributed by atoms with E-state index in [0.717, 1.165) is 11.1 Å². The van der Waals surface area contributed by atoms with Gasteiger partial charge in [0.15, 0.2) is 0 Å². The van der Waals surface area contributed by atoms with Crippen LogP contribution in [0.4, 0.5) is 0 Å². The highest BCUT2D eigenvalue weighted by atomic mass is 14.7. The highest BCUT2D eigenvalue weighted by Gasteiger charge is 2.03. The first-order chi connectivity index (χ1) is 7.66. The van der Waals surface area contributed by atoms with Crippen LogP contribution in [0.3, 0.4) is 0 Å². The molecule has 1 atom stereocenters. The third-order valence-electron chi connectivity index (χ3n) is 2.64. The first-order valence-corrected chi connectivity index (χ1v) is 5.44. The number of benzene rings is 1. The Morgan fingerprint density at radius 2 is 1.94 bits per heavy atom. The van der Waals surface area contributed by atoms with E-state index in [0.29, 0.717) is 0 Å². The quantitative estimate of drug-likeness (QED) is 0.830. The lowest BCUT2D eigenvalue weighted by Crippen LogP contribution is -2.05. The first kappa shape index (κ1) is 10.8. The zero-order valence-corrected chi connectivity index (χ0v) is 9.64.